The van der Waals surface area contributed by atoms with Gasteiger partial charge in [-0.15, -0.1) is 0 Å². The van der Waals surface area contributed by atoms with Gasteiger partial charge in [-0.3, -0.25) is 4.79 Å². The molecule has 0 bridgehead atoms. The van der Waals surface area contributed by atoms with E-state index in [1.165, 1.54) is 6.07 Å². The molecule has 0 radical (unpaired) electrons. The molecular formula is C20H23F3N8O3. The fraction of sp³-hybridized carbons (Fsp3) is 0.350. The van der Waals surface area contributed by atoms with Crippen molar-refractivity contribution in [2.75, 3.05) is 29.5 Å². The fourth-order valence-electron chi connectivity index (χ4n) is 2.86. The third-order valence-electron chi connectivity index (χ3n) is 4.34. The molecule has 1 heterocycles. The van der Waals surface area contributed by atoms with Crippen LogP contribution in [0.15, 0.2) is 24.3 Å². The van der Waals surface area contributed by atoms with Crippen molar-refractivity contribution in [2.45, 2.75) is 32.0 Å². The summed E-state index contributed by atoms with van der Waals surface area (Å²) in [5.74, 6) is -1.12. The number of carbonyl (C=O) groups excluding carboxylic acids is 2. The number of nitriles is 1. The summed E-state index contributed by atoms with van der Waals surface area (Å²) in [6.07, 6.45) is -4.24. The summed E-state index contributed by atoms with van der Waals surface area (Å²) in [6.45, 7) is 1.98. The largest absolute Gasteiger partial charge is 0.477 e. The first-order valence-corrected chi connectivity index (χ1v) is 10.0. The van der Waals surface area contributed by atoms with Crippen LogP contribution in [0.2, 0.25) is 0 Å². The Morgan fingerprint density at radius 1 is 1.29 bits per heavy atom. The normalized spacial score (nSPS) is 11.7. The fourth-order valence-corrected chi connectivity index (χ4v) is 2.86. The summed E-state index contributed by atoms with van der Waals surface area (Å²) in [4.78, 5) is 31.6. The van der Waals surface area contributed by atoms with Crippen LogP contribution in [0.5, 0.6) is 5.88 Å². The molecule has 0 unspecified atom stereocenters. The van der Waals surface area contributed by atoms with E-state index >= 15 is 0 Å². The maximum Gasteiger partial charge on any atom is 0.416 e. The van der Waals surface area contributed by atoms with E-state index in [-0.39, 0.29) is 54.9 Å². The van der Waals surface area contributed by atoms with Crippen molar-refractivity contribution in [1.82, 2.24) is 15.3 Å². The van der Waals surface area contributed by atoms with E-state index in [1.807, 2.05) is 6.07 Å². The number of aromatic nitrogens is 2. The lowest BCUT2D eigenvalue weighted by molar-refractivity contribution is -0.137. The average Bonchev–Trinajstić information content (AvgIpc) is 2.75. The first-order valence-electron chi connectivity index (χ1n) is 10.0. The van der Waals surface area contributed by atoms with E-state index < -0.39 is 29.7 Å². The topological polar surface area (TPSA) is 181 Å². The SMILES string of the molecule is CCOc1nc(N)nc(N[C@@H](CCCNC(N)=O)C(=O)Nc2cccc(C(F)(F)F)c2)c1C#N. The highest BCUT2D eigenvalue weighted by Gasteiger charge is 2.31. The molecule has 0 aliphatic heterocycles. The van der Waals surface area contributed by atoms with Gasteiger partial charge in [0.2, 0.25) is 17.7 Å². The molecule has 0 aliphatic carbocycles. The van der Waals surface area contributed by atoms with Gasteiger partial charge in [-0.05, 0) is 38.0 Å². The first-order chi connectivity index (χ1) is 16.0. The van der Waals surface area contributed by atoms with E-state index in [2.05, 4.69) is 25.9 Å². The van der Waals surface area contributed by atoms with E-state index in [9.17, 15) is 28.0 Å². The Balaban J connectivity index is 2.31. The van der Waals surface area contributed by atoms with E-state index in [1.54, 1.807) is 6.92 Å². The lowest BCUT2D eigenvalue weighted by atomic mass is 10.1. The number of ether oxygens (including phenoxy) is 1. The predicted molar refractivity (Wildman–Crippen MR) is 117 cm³/mol. The minimum absolute atomic E-state index is 0.0837. The number of carbonyl (C=O) groups is 2. The zero-order valence-electron chi connectivity index (χ0n) is 18.1. The van der Waals surface area contributed by atoms with Crippen molar-refractivity contribution in [1.29, 1.82) is 5.26 Å². The van der Waals surface area contributed by atoms with Crippen molar-refractivity contribution in [3.8, 4) is 11.9 Å². The van der Waals surface area contributed by atoms with Crippen molar-refractivity contribution in [2.24, 2.45) is 5.73 Å². The Morgan fingerprint density at radius 3 is 2.65 bits per heavy atom. The first kappa shape index (κ1) is 26.0. The molecule has 3 amide bonds. The van der Waals surface area contributed by atoms with Crippen molar-refractivity contribution in [3.63, 3.8) is 0 Å². The molecule has 11 nitrogen and oxygen atoms in total. The number of primary amides is 1. The second kappa shape index (κ2) is 11.5. The number of nitrogens with zero attached hydrogens (tertiary/aromatic N) is 3. The van der Waals surface area contributed by atoms with Gasteiger partial charge in [0.15, 0.2) is 11.4 Å². The standard InChI is InChI=1S/C20H23F3N8O3/c1-2-34-17-13(10-24)15(30-18(25)31-17)29-14(7-4-8-27-19(26)33)16(32)28-12-6-3-5-11(9-12)20(21,22)23/h3,5-6,9,14H,2,4,7-8H2,1H3,(H,28,32)(H3,26,27,33)(H3,25,29,30,31)/t14-/m0/s1. The van der Waals surface area contributed by atoms with Crippen LogP contribution in [0.1, 0.15) is 30.9 Å². The summed E-state index contributed by atoms with van der Waals surface area (Å²) >= 11 is 0. The maximum atomic E-state index is 13.0. The number of nitrogen functional groups attached to an aromatic ring is 1. The number of urea groups is 1. The maximum absolute atomic E-state index is 13.0. The van der Waals surface area contributed by atoms with Crippen LogP contribution in [0.4, 0.5) is 35.4 Å². The average molecular weight is 480 g/mol. The van der Waals surface area contributed by atoms with Gasteiger partial charge < -0.3 is 32.2 Å². The van der Waals surface area contributed by atoms with Gasteiger partial charge in [0, 0.05) is 12.2 Å². The molecule has 7 N–H and O–H groups in total. The van der Waals surface area contributed by atoms with Gasteiger partial charge in [0.1, 0.15) is 12.1 Å². The van der Waals surface area contributed by atoms with Crippen molar-refractivity contribution < 1.29 is 27.5 Å². The summed E-state index contributed by atoms with van der Waals surface area (Å²) in [5.41, 5.74) is 9.58. The molecule has 34 heavy (non-hydrogen) atoms. The molecule has 0 aliphatic rings. The third kappa shape index (κ3) is 7.40. The Bertz CT molecular complexity index is 1070. The summed E-state index contributed by atoms with van der Waals surface area (Å²) in [6, 6.07) is 4.16. The molecule has 2 rings (SSSR count). The number of benzene rings is 1. The zero-order chi connectivity index (χ0) is 25.3. The number of halogens is 3. The molecule has 1 aromatic heterocycles. The molecule has 1 atom stereocenters. The van der Waals surface area contributed by atoms with E-state index in [0.29, 0.717) is 0 Å². The number of rotatable bonds is 10. The highest BCUT2D eigenvalue weighted by atomic mass is 19.4. The van der Waals surface area contributed by atoms with Gasteiger partial charge in [0.05, 0.1) is 12.2 Å². The van der Waals surface area contributed by atoms with Crippen molar-refractivity contribution in [3.05, 3.63) is 35.4 Å². The molecular weight excluding hydrogens is 457 g/mol. The van der Waals surface area contributed by atoms with Gasteiger partial charge >= 0.3 is 12.2 Å². The lowest BCUT2D eigenvalue weighted by Crippen LogP contribution is -2.37. The van der Waals surface area contributed by atoms with Crippen molar-refractivity contribution >= 4 is 29.4 Å². The Labute approximate surface area is 192 Å². The van der Waals surface area contributed by atoms with Crippen LogP contribution in [0.25, 0.3) is 0 Å². The number of nitrogens with one attached hydrogen (secondary N) is 3. The number of anilines is 3. The number of nitrogens with two attached hydrogens (primary N) is 2. The van der Waals surface area contributed by atoms with Crippen LogP contribution in [0.3, 0.4) is 0 Å². The third-order valence-corrected chi connectivity index (χ3v) is 4.34. The van der Waals surface area contributed by atoms with Crippen LogP contribution < -0.4 is 32.2 Å². The predicted octanol–water partition coefficient (Wildman–Crippen LogP) is 2.22. The quantitative estimate of drug-likeness (QED) is 0.321. The van der Waals surface area contributed by atoms with Crippen LogP contribution in [-0.2, 0) is 11.0 Å². The summed E-state index contributed by atoms with van der Waals surface area (Å²) in [7, 11) is 0. The molecule has 0 saturated carbocycles. The minimum Gasteiger partial charge on any atom is -0.477 e. The van der Waals surface area contributed by atoms with Crippen LogP contribution in [-0.4, -0.2) is 41.1 Å². The Kier molecular flexibility index (Phi) is 8.82. The molecule has 182 valence electrons. The van der Waals surface area contributed by atoms with Gasteiger partial charge in [0.25, 0.3) is 0 Å². The number of amides is 3. The van der Waals surface area contributed by atoms with E-state index in [0.717, 1.165) is 18.2 Å². The summed E-state index contributed by atoms with van der Waals surface area (Å²) in [5, 5.41) is 17.1. The monoisotopic (exact) mass is 480 g/mol. The molecule has 1 aromatic carbocycles. The summed E-state index contributed by atoms with van der Waals surface area (Å²) < 4.78 is 44.3. The second-order valence-electron chi connectivity index (χ2n) is 6.85. The lowest BCUT2D eigenvalue weighted by Gasteiger charge is -2.20. The van der Waals surface area contributed by atoms with Gasteiger partial charge in [-0.1, -0.05) is 6.07 Å². The number of alkyl halides is 3. The molecule has 2 aromatic rings. The second-order valence-corrected chi connectivity index (χ2v) is 6.85. The molecule has 0 fully saturated rings. The highest BCUT2D eigenvalue weighted by Crippen LogP contribution is 2.31. The Hall–Kier alpha value is -4.28. The van der Waals surface area contributed by atoms with Gasteiger partial charge in [-0.2, -0.15) is 28.4 Å². The van der Waals surface area contributed by atoms with Gasteiger partial charge in [-0.25, -0.2) is 4.79 Å². The van der Waals surface area contributed by atoms with E-state index in [4.69, 9.17) is 16.2 Å². The highest BCUT2D eigenvalue weighted by molar-refractivity contribution is 5.96. The molecule has 14 heteroatoms. The number of hydrogen-bond donors (Lipinski definition) is 5. The molecule has 0 saturated heterocycles. The van der Waals surface area contributed by atoms with Crippen LogP contribution >= 0.6 is 0 Å². The minimum atomic E-state index is -4.59. The zero-order valence-corrected chi connectivity index (χ0v) is 18.1. The smallest absolute Gasteiger partial charge is 0.416 e. The van der Waals surface area contributed by atoms with Crippen LogP contribution in [0, 0.1) is 11.3 Å². The Morgan fingerprint density at radius 2 is 2.03 bits per heavy atom. The molecule has 0 spiro atoms. The number of hydrogen-bond acceptors (Lipinski definition) is 8.